The van der Waals surface area contributed by atoms with E-state index in [1.54, 1.807) is 39.1 Å². The van der Waals surface area contributed by atoms with Crippen LogP contribution in [0.2, 0.25) is 5.02 Å². The smallest absolute Gasteiger partial charge is 0.413 e. The predicted molar refractivity (Wildman–Crippen MR) is 84.3 cm³/mol. The molecular weight excluding hydrogens is 344 g/mol. The fourth-order valence-corrected chi connectivity index (χ4v) is 2.54. The molecule has 0 atom stereocenters. The average Bonchev–Trinajstić information content (AvgIpc) is 2.24. The summed E-state index contributed by atoms with van der Waals surface area (Å²) in [6.45, 7) is 5.41. The number of halogens is 2. The van der Waals surface area contributed by atoms with Crippen molar-refractivity contribution in [2.75, 3.05) is 5.32 Å². The van der Waals surface area contributed by atoms with Crippen LogP contribution >= 0.6 is 27.5 Å². The molecule has 6 heteroatoms. The quantitative estimate of drug-likeness (QED) is 0.781. The van der Waals surface area contributed by atoms with Gasteiger partial charge in [-0.25, -0.2) is 9.78 Å². The Bertz CT molecular complexity index is 668. The van der Waals surface area contributed by atoms with Crippen LogP contribution in [0, 0.1) is 0 Å². The number of nitrogens with one attached hydrogen (secondary N) is 1. The van der Waals surface area contributed by atoms with Gasteiger partial charge >= 0.3 is 6.09 Å². The first-order chi connectivity index (χ1) is 9.24. The Kier molecular flexibility index (Phi) is 4.20. The third-order valence-electron chi connectivity index (χ3n) is 2.38. The molecule has 1 N–H and O–H groups in total. The van der Waals surface area contributed by atoms with Gasteiger partial charge < -0.3 is 4.74 Å². The van der Waals surface area contributed by atoms with Crippen LogP contribution in [0.15, 0.2) is 28.9 Å². The zero-order valence-corrected chi connectivity index (χ0v) is 13.7. The van der Waals surface area contributed by atoms with Crippen LogP contribution in [-0.2, 0) is 4.74 Å². The number of benzene rings is 1. The van der Waals surface area contributed by atoms with E-state index >= 15 is 0 Å². The molecule has 0 bridgehead atoms. The SMILES string of the molecule is CC(C)(C)OC(=O)Nc1cc2cc(Br)cc(Cl)c2cn1. The first kappa shape index (κ1) is 15.1. The zero-order chi connectivity index (χ0) is 14.9. The van der Waals surface area contributed by atoms with Gasteiger partial charge in [0.1, 0.15) is 11.4 Å². The van der Waals surface area contributed by atoms with Crippen LogP contribution in [0.3, 0.4) is 0 Å². The van der Waals surface area contributed by atoms with Crippen LogP contribution < -0.4 is 5.32 Å². The molecule has 0 saturated carbocycles. The lowest BCUT2D eigenvalue weighted by atomic mass is 10.2. The van der Waals surface area contributed by atoms with Gasteiger partial charge in [-0.2, -0.15) is 0 Å². The third-order valence-corrected chi connectivity index (χ3v) is 3.15. The van der Waals surface area contributed by atoms with Gasteiger partial charge in [0.2, 0.25) is 0 Å². The van der Waals surface area contributed by atoms with E-state index < -0.39 is 11.7 Å². The first-order valence-corrected chi connectivity index (χ1v) is 7.16. The molecule has 4 nitrogen and oxygen atoms in total. The van der Waals surface area contributed by atoms with Crippen molar-refractivity contribution >= 4 is 50.2 Å². The normalized spacial score (nSPS) is 11.4. The molecule has 1 amide bonds. The van der Waals surface area contributed by atoms with E-state index in [0.717, 1.165) is 15.2 Å². The first-order valence-electron chi connectivity index (χ1n) is 5.99. The Labute approximate surface area is 130 Å². The van der Waals surface area contributed by atoms with Gasteiger partial charge in [0, 0.05) is 16.1 Å². The molecule has 20 heavy (non-hydrogen) atoms. The minimum absolute atomic E-state index is 0.418. The highest BCUT2D eigenvalue weighted by Gasteiger charge is 2.16. The highest BCUT2D eigenvalue weighted by atomic mass is 79.9. The Morgan fingerprint density at radius 3 is 2.70 bits per heavy atom. The van der Waals surface area contributed by atoms with Crippen molar-refractivity contribution in [3.63, 3.8) is 0 Å². The van der Waals surface area contributed by atoms with Gasteiger partial charge in [0.05, 0.1) is 5.02 Å². The van der Waals surface area contributed by atoms with Gasteiger partial charge in [0.15, 0.2) is 0 Å². The van der Waals surface area contributed by atoms with Crippen LogP contribution in [0.25, 0.3) is 10.8 Å². The summed E-state index contributed by atoms with van der Waals surface area (Å²) >= 11 is 9.51. The van der Waals surface area contributed by atoms with Crippen molar-refractivity contribution in [2.24, 2.45) is 0 Å². The molecule has 1 aromatic heterocycles. The molecule has 0 unspecified atom stereocenters. The van der Waals surface area contributed by atoms with Crippen molar-refractivity contribution in [2.45, 2.75) is 26.4 Å². The molecule has 0 aliphatic heterocycles. The second-order valence-corrected chi connectivity index (χ2v) is 6.63. The van der Waals surface area contributed by atoms with Gasteiger partial charge in [-0.3, -0.25) is 5.32 Å². The lowest BCUT2D eigenvalue weighted by Crippen LogP contribution is -2.27. The maximum atomic E-state index is 11.7. The van der Waals surface area contributed by atoms with Gasteiger partial charge in [-0.15, -0.1) is 0 Å². The van der Waals surface area contributed by atoms with Crippen molar-refractivity contribution < 1.29 is 9.53 Å². The molecule has 0 spiro atoms. The second kappa shape index (κ2) is 5.58. The molecule has 0 radical (unpaired) electrons. The summed E-state index contributed by atoms with van der Waals surface area (Å²) in [6.07, 6.45) is 1.09. The number of amides is 1. The number of hydrogen-bond donors (Lipinski definition) is 1. The highest BCUT2D eigenvalue weighted by Crippen LogP contribution is 2.28. The number of rotatable bonds is 1. The summed E-state index contributed by atoms with van der Waals surface area (Å²) in [5.41, 5.74) is -0.548. The molecule has 106 valence electrons. The second-order valence-electron chi connectivity index (χ2n) is 5.31. The fourth-order valence-electron chi connectivity index (χ4n) is 1.66. The number of ether oxygens (including phenoxy) is 1. The van der Waals surface area contributed by atoms with Crippen molar-refractivity contribution in [3.05, 3.63) is 33.9 Å². The Balaban J connectivity index is 2.26. The molecule has 0 aliphatic rings. The molecule has 1 aromatic carbocycles. The summed E-state index contributed by atoms with van der Waals surface area (Å²) in [5, 5.41) is 4.91. The van der Waals surface area contributed by atoms with Crippen LogP contribution in [0.1, 0.15) is 20.8 Å². The molecule has 0 aliphatic carbocycles. The predicted octanol–water partition coefficient (Wildman–Crippen LogP) is 5.00. The zero-order valence-electron chi connectivity index (χ0n) is 11.3. The molecule has 2 rings (SSSR count). The van der Waals surface area contributed by atoms with Crippen molar-refractivity contribution in [1.29, 1.82) is 0 Å². The fraction of sp³-hybridized carbons (Fsp3) is 0.286. The summed E-state index contributed by atoms with van der Waals surface area (Å²) in [6, 6.07) is 5.45. The Morgan fingerprint density at radius 1 is 1.35 bits per heavy atom. The van der Waals surface area contributed by atoms with Crippen molar-refractivity contribution in [3.8, 4) is 0 Å². The lowest BCUT2D eigenvalue weighted by molar-refractivity contribution is 0.0635. The molecule has 0 fully saturated rings. The van der Waals surface area contributed by atoms with Gasteiger partial charge in [0.25, 0.3) is 0 Å². The minimum atomic E-state index is -0.548. The number of nitrogens with zero attached hydrogens (tertiary/aromatic N) is 1. The van der Waals surface area contributed by atoms with Gasteiger partial charge in [-0.05, 0) is 44.4 Å². The van der Waals surface area contributed by atoms with Crippen LogP contribution in [0.5, 0.6) is 0 Å². The summed E-state index contributed by atoms with van der Waals surface area (Å²) in [5.74, 6) is 0.418. The summed E-state index contributed by atoms with van der Waals surface area (Å²) in [7, 11) is 0. The van der Waals surface area contributed by atoms with Crippen molar-refractivity contribution in [1.82, 2.24) is 4.98 Å². The number of fused-ring (bicyclic) bond motifs is 1. The van der Waals surface area contributed by atoms with Crippen LogP contribution in [0.4, 0.5) is 10.6 Å². The summed E-state index contributed by atoms with van der Waals surface area (Å²) < 4.78 is 6.04. The van der Waals surface area contributed by atoms with E-state index in [4.69, 9.17) is 16.3 Å². The molecular formula is C14H14BrClN2O2. The van der Waals surface area contributed by atoms with Gasteiger partial charge in [-0.1, -0.05) is 27.5 Å². The lowest BCUT2D eigenvalue weighted by Gasteiger charge is -2.19. The number of anilines is 1. The number of hydrogen-bond acceptors (Lipinski definition) is 3. The molecule has 0 saturated heterocycles. The Morgan fingerprint density at radius 2 is 2.05 bits per heavy atom. The molecule has 2 aromatic rings. The summed E-state index contributed by atoms with van der Waals surface area (Å²) in [4.78, 5) is 15.8. The molecule has 1 heterocycles. The highest BCUT2D eigenvalue weighted by molar-refractivity contribution is 9.10. The van der Waals surface area contributed by atoms with E-state index in [0.29, 0.717) is 10.8 Å². The topological polar surface area (TPSA) is 51.2 Å². The Hall–Kier alpha value is -1.33. The number of aromatic nitrogens is 1. The van der Waals surface area contributed by atoms with E-state index in [9.17, 15) is 4.79 Å². The van der Waals surface area contributed by atoms with E-state index in [1.807, 2.05) is 6.07 Å². The standard InChI is InChI=1S/C14H14BrClN2O2/c1-14(2,3)20-13(19)18-12-5-8-4-9(15)6-11(16)10(8)7-17-12/h4-7H,1-3H3,(H,17,18,19). The van der Waals surface area contributed by atoms with E-state index in [-0.39, 0.29) is 0 Å². The maximum absolute atomic E-state index is 11.7. The van der Waals surface area contributed by atoms with E-state index in [1.165, 1.54) is 0 Å². The largest absolute Gasteiger partial charge is 0.444 e. The minimum Gasteiger partial charge on any atom is -0.444 e. The number of carbonyl (C=O) groups excluding carboxylic acids is 1. The number of carbonyl (C=O) groups is 1. The van der Waals surface area contributed by atoms with Crippen LogP contribution in [-0.4, -0.2) is 16.7 Å². The van der Waals surface area contributed by atoms with E-state index in [2.05, 4.69) is 26.2 Å². The monoisotopic (exact) mass is 356 g/mol. The third kappa shape index (κ3) is 3.84. The average molecular weight is 358 g/mol. The maximum Gasteiger partial charge on any atom is 0.413 e. The number of pyridine rings is 1.